The van der Waals surface area contributed by atoms with E-state index < -0.39 is 0 Å². The Morgan fingerprint density at radius 2 is 2.06 bits per heavy atom. The van der Waals surface area contributed by atoms with Crippen LogP contribution >= 0.6 is 24.0 Å². The fraction of sp³-hybridized carbons (Fsp3) is 0.593. The molecule has 0 spiro atoms. The fourth-order valence-corrected chi connectivity index (χ4v) is 6.12. The number of epoxide rings is 1. The van der Waals surface area contributed by atoms with Crippen LogP contribution in [0.1, 0.15) is 83.8 Å². The van der Waals surface area contributed by atoms with Gasteiger partial charge in [-0.2, -0.15) is 0 Å². The zero-order chi connectivity index (χ0) is 23.5. The molecule has 1 aliphatic heterocycles. The van der Waals surface area contributed by atoms with Gasteiger partial charge in [0.1, 0.15) is 11.5 Å². The molecule has 0 saturated carbocycles. The van der Waals surface area contributed by atoms with Crippen molar-refractivity contribution in [3.63, 3.8) is 0 Å². The Hall–Kier alpha value is -1.30. The summed E-state index contributed by atoms with van der Waals surface area (Å²) in [6.45, 7) is 15.7. The van der Waals surface area contributed by atoms with Crippen molar-refractivity contribution in [3.8, 4) is 11.5 Å². The third-order valence-electron chi connectivity index (χ3n) is 6.61. The number of hydrogen-bond acceptors (Lipinski definition) is 5. The lowest BCUT2D eigenvalue weighted by atomic mass is 9.73. The minimum absolute atomic E-state index is 0.0357. The van der Waals surface area contributed by atoms with Crippen molar-refractivity contribution in [3.05, 3.63) is 47.1 Å². The summed E-state index contributed by atoms with van der Waals surface area (Å²) in [7, 11) is 0. The minimum Gasteiger partial charge on any atom is -0.507 e. The van der Waals surface area contributed by atoms with E-state index in [4.69, 9.17) is 21.7 Å². The molecule has 3 rings (SSSR count). The number of benzene rings is 1. The molecule has 2 aliphatic rings. The molecule has 1 aromatic rings. The number of aryl methyl sites for hydroxylation is 1. The van der Waals surface area contributed by atoms with Crippen LogP contribution in [-0.4, -0.2) is 26.9 Å². The van der Waals surface area contributed by atoms with Gasteiger partial charge in [0.25, 0.3) is 0 Å². The molecule has 1 saturated heterocycles. The van der Waals surface area contributed by atoms with Gasteiger partial charge in [-0.05, 0) is 89.2 Å². The quantitative estimate of drug-likeness (QED) is 0.172. The highest BCUT2D eigenvalue weighted by Crippen LogP contribution is 2.47. The second kappa shape index (κ2) is 10.8. The second-order valence-electron chi connectivity index (χ2n) is 9.89. The summed E-state index contributed by atoms with van der Waals surface area (Å²) in [5, 5.41) is 11.2. The van der Waals surface area contributed by atoms with Crippen LogP contribution in [0.4, 0.5) is 0 Å². The van der Waals surface area contributed by atoms with E-state index in [0.717, 1.165) is 49.0 Å². The third-order valence-corrected chi connectivity index (χ3v) is 7.98. The number of unbranched alkanes of at least 4 members (excludes halogenated alkanes) is 2. The molecular weight excluding hydrogens is 436 g/mol. The maximum absolute atomic E-state index is 11.2. The van der Waals surface area contributed by atoms with Gasteiger partial charge in [0.15, 0.2) is 0 Å². The highest BCUT2D eigenvalue weighted by Gasteiger charge is 2.41. The molecule has 1 aromatic carbocycles. The molecule has 2 unspecified atom stereocenters. The molecule has 176 valence electrons. The van der Waals surface area contributed by atoms with Gasteiger partial charge in [0.2, 0.25) is 4.38 Å². The van der Waals surface area contributed by atoms with Crippen molar-refractivity contribution in [1.82, 2.24) is 0 Å². The predicted molar refractivity (Wildman–Crippen MR) is 140 cm³/mol. The molecular formula is C27H38O3S2. The van der Waals surface area contributed by atoms with Gasteiger partial charge in [-0.15, -0.1) is 0 Å². The maximum Gasteiger partial charge on any atom is 0.226 e. The predicted octanol–water partition coefficient (Wildman–Crippen LogP) is 7.72. The number of thioether (sulfide) groups is 1. The number of rotatable bonds is 9. The van der Waals surface area contributed by atoms with Gasteiger partial charge in [0.05, 0.1) is 12.7 Å². The molecule has 3 nitrogen and oxygen atoms in total. The van der Waals surface area contributed by atoms with Gasteiger partial charge >= 0.3 is 0 Å². The number of aromatic hydroxyl groups is 1. The Morgan fingerprint density at radius 3 is 2.69 bits per heavy atom. The Kier molecular flexibility index (Phi) is 8.51. The fourth-order valence-electron chi connectivity index (χ4n) is 4.56. The van der Waals surface area contributed by atoms with Crippen molar-refractivity contribution < 1.29 is 14.6 Å². The van der Waals surface area contributed by atoms with E-state index >= 15 is 0 Å². The van der Waals surface area contributed by atoms with Crippen LogP contribution in [0, 0.1) is 5.92 Å². The Bertz CT molecular complexity index is 883. The largest absolute Gasteiger partial charge is 0.507 e. The van der Waals surface area contributed by atoms with Crippen LogP contribution in [0.5, 0.6) is 11.5 Å². The van der Waals surface area contributed by atoms with Crippen molar-refractivity contribution in [1.29, 1.82) is 0 Å². The summed E-state index contributed by atoms with van der Waals surface area (Å²) in [5.74, 6) is 1.29. The molecule has 0 bridgehead atoms. The zero-order valence-electron chi connectivity index (χ0n) is 20.2. The molecule has 32 heavy (non-hydrogen) atoms. The highest BCUT2D eigenvalue weighted by atomic mass is 32.2. The van der Waals surface area contributed by atoms with Gasteiger partial charge in [-0.1, -0.05) is 55.3 Å². The number of phenolic OH excluding ortho intramolecular Hbond substituents is 1. The summed E-state index contributed by atoms with van der Waals surface area (Å²) in [6.07, 6.45) is 8.93. The van der Waals surface area contributed by atoms with E-state index in [0.29, 0.717) is 15.9 Å². The average Bonchev–Trinajstić information content (AvgIpc) is 3.53. The van der Waals surface area contributed by atoms with Crippen LogP contribution in [-0.2, 0) is 11.2 Å². The molecule has 3 atom stereocenters. The van der Waals surface area contributed by atoms with Crippen LogP contribution in [0.25, 0.3) is 0 Å². The number of hydrogen-bond donors (Lipinski definition) is 1. The SMILES string of the molecule is C=C(C)C1CCC(C)=C[C@H]1c1c(O)cc(CCCCC)cc1OC(=S)SC(C)(C)C1CO1. The topological polar surface area (TPSA) is 42.0 Å². The lowest BCUT2D eigenvalue weighted by Gasteiger charge is -2.32. The van der Waals surface area contributed by atoms with E-state index in [1.807, 2.05) is 6.07 Å². The first kappa shape index (κ1) is 25.3. The molecule has 5 heteroatoms. The van der Waals surface area contributed by atoms with Crippen molar-refractivity contribution in [2.45, 2.75) is 89.9 Å². The van der Waals surface area contributed by atoms with Crippen LogP contribution in [0.15, 0.2) is 35.9 Å². The van der Waals surface area contributed by atoms with Crippen LogP contribution in [0.3, 0.4) is 0 Å². The average molecular weight is 475 g/mol. The monoisotopic (exact) mass is 474 g/mol. The van der Waals surface area contributed by atoms with Crippen LogP contribution < -0.4 is 4.74 Å². The van der Waals surface area contributed by atoms with Crippen molar-refractivity contribution >= 4 is 28.4 Å². The molecule has 0 radical (unpaired) electrons. The first-order chi connectivity index (χ1) is 15.1. The Balaban J connectivity index is 1.96. The first-order valence-electron chi connectivity index (χ1n) is 11.8. The van der Waals surface area contributed by atoms with E-state index in [-0.39, 0.29) is 22.7 Å². The second-order valence-corrected chi connectivity index (χ2v) is 12.2. The molecule has 1 aliphatic carbocycles. The van der Waals surface area contributed by atoms with Gasteiger partial charge in [0, 0.05) is 16.2 Å². The third kappa shape index (κ3) is 6.39. The van der Waals surface area contributed by atoms with Crippen molar-refractivity contribution in [2.24, 2.45) is 5.92 Å². The Labute approximate surface area is 203 Å². The zero-order valence-corrected chi connectivity index (χ0v) is 21.8. The van der Waals surface area contributed by atoms with E-state index in [2.05, 4.69) is 53.3 Å². The van der Waals surface area contributed by atoms with Crippen LogP contribution in [0.2, 0.25) is 0 Å². The molecule has 0 aromatic heterocycles. The molecule has 1 heterocycles. The summed E-state index contributed by atoms with van der Waals surface area (Å²) in [6, 6.07) is 4.01. The summed E-state index contributed by atoms with van der Waals surface area (Å²) < 4.78 is 12.2. The number of ether oxygens (including phenoxy) is 2. The first-order valence-corrected chi connectivity index (χ1v) is 13.1. The van der Waals surface area contributed by atoms with E-state index in [9.17, 15) is 5.11 Å². The number of allylic oxidation sites excluding steroid dienone is 3. The summed E-state index contributed by atoms with van der Waals surface area (Å²) in [4.78, 5) is 0. The molecule has 1 fully saturated rings. The highest BCUT2D eigenvalue weighted by molar-refractivity contribution is 8.23. The normalized spacial score (nSPS) is 22.9. The smallest absolute Gasteiger partial charge is 0.226 e. The van der Waals surface area contributed by atoms with E-state index in [1.54, 1.807) is 0 Å². The molecule has 1 N–H and O–H groups in total. The summed E-state index contributed by atoms with van der Waals surface area (Å²) in [5.41, 5.74) is 4.41. The van der Waals surface area contributed by atoms with Gasteiger partial charge < -0.3 is 14.6 Å². The van der Waals surface area contributed by atoms with Crippen molar-refractivity contribution in [2.75, 3.05) is 6.61 Å². The summed E-state index contributed by atoms with van der Waals surface area (Å²) >= 11 is 7.19. The minimum atomic E-state index is -0.139. The number of thiocarbonyl (C=S) groups is 1. The van der Waals surface area contributed by atoms with E-state index in [1.165, 1.54) is 30.2 Å². The standard InChI is InChI=1S/C27H38O3S2/c1-7-8-9-10-19-14-22(28)25(21-13-18(4)11-12-20(21)17(2)3)23(15-19)30-26(31)32-27(5,6)24-16-29-24/h13-15,20-21,24,28H,2,7-12,16H2,1,3-6H3/t20?,21-,24?/m1/s1. The Morgan fingerprint density at radius 1 is 1.34 bits per heavy atom. The number of phenols is 1. The van der Waals surface area contributed by atoms with Gasteiger partial charge in [-0.25, -0.2) is 0 Å². The lowest BCUT2D eigenvalue weighted by Crippen LogP contribution is -2.26. The van der Waals surface area contributed by atoms with Gasteiger partial charge in [-0.3, -0.25) is 0 Å². The maximum atomic E-state index is 11.2. The lowest BCUT2D eigenvalue weighted by molar-refractivity contribution is 0.373. The molecule has 0 amide bonds.